The fourth-order valence-corrected chi connectivity index (χ4v) is 2.69. The monoisotopic (exact) mass is 314 g/mol. The minimum Gasteiger partial charge on any atom is -0.488 e. The lowest BCUT2D eigenvalue weighted by Gasteiger charge is -2.23. The zero-order chi connectivity index (χ0) is 13.2. The molecule has 0 unspecified atom stereocenters. The molecular formula is C13H15BrO4. The van der Waals surface area contributed by atoms with Crippen molar-refractivity contribution in [2.24, 2.45) is 0 Å². The zero-order valence-electron chi connectivity index (χ0n) is 9.86. The van der Waals surface area contributed by atoms with E-state index >= 15 is 0 Å². The normalized spacial score (nSPS) is 17.7. The summed E-state index contributed by atoms with van der Waals surface area (Å²) < 4.78 is 6.13. The summed E-state index contributed by atoms with van der Waals surface area (Å²) in [5.41, 5.74) is -0.712. The fraction of sp³-hybridized carbons (Fsp3) is 0.462. The summed E-state index contributed by atoms with van der Waals surface area (Å²) in [7, 11) is 0. The number of carbonyl (C=O) groups is 1. The number of rotatable bonds is 4. The summed E-state index contributed by atoms with van der Waals surface area (Å²) in [6.45, 7) is 0.135. The zero-order valence-corrected chi connectivity index (χ0v) is 11.4. The Labute approximate surface area is 114 Å². The van der Waals surface area contributed by atoms with Gasteiger partial charge in [-0.1, -0.05) is 18.9 Å². The Bertz CT molecular complexity index is 452. The summed E-state index contributed by atoms with van der Waals surface area (Å²) in [6, 6.07) is 4.85. The second-order valence-electron chi connectivity index (χ2n) is 4.64. The van der Waals surface area contributed by atoms with Gasteiger partial charge in [-0.2, -0.15) is 0 Å². The van der Waals surface area contributed by atoms with Gasteiger partial charge >= 0.3 is 5.97 Å². The standard InChI is InChI=1S/C13H15BrO4/c14-10-5-3-4-9(12(15)16)11(10)18-8-13(17)6-1-2-7-13/h3-5,17H,1-2,6-8H2,(H,15,16). The van der Waals surface area contributed by atoms with E-state index in [1.807, 2.05) is 0 Å². The first-order valence-corrected chi connectivity index (χ1v) is 6.68. The van der Waals surface area contributed by atoms with Crippen molar-refractivity contribution in [1.82, 2.24) is 0 Å². The molecule has 0 heterocycles. The molecule has 4 nitrogen and oxygen atoms in total. The molecule has 0 aliphatic heterocycles. The third kappa shape index (κ3) is 2.84. The number of para-hydroxylation sites is 1. The van der Waals surface area contributed by atoms with Gasteiger partial charge in [-0.05, 0) is 40.9 Å². The van der Waals surface area contributed by atoms with Crippen LogP contribution >= 0.6 is 15.9 Å². The second kappa shape index (κ2) is 5.28. The molecule has 0 atom stereocenters. The summed E-state index contributed by atoms with van der Waals surface area (Å²) in [6.07, 6.45) is 3.39. The molecule has 1 fully saturated rings. The van der Waals surface area contributed by atoms with E-state index in [2.05, 4.69) is 15.9 Å². The highest BCUT2D eigenvalue weighted by Gasteiger charge is 2.32. The summed E-state index contributed by atoms with van der Waals surface area (Å²) >= 11 is 3.27. The lowest BCUT2D eigenvalue weighted by atomic mass is 10.0. The van der Waals surface area contributed by atoms with Crippen LogP contribution in [0.5, 0.6) is 5.75 Å². The average Bonchev–Trinajstić information content (AvgIpc) is 2.74. The van der Waals surface area contributed by atoms with E-state index in [4.69, 9.17) is 9.84 Å². The smallest absolute Gasteiger partial charge is 0.339 e. The van der Waals surface area contributed by atoms with Crippen molar-refractivity contribution in [1.29, 1.82) is 0 Å². The molecule has 1 aliphatic carbocycles. The van der Waals surface area contributed by atoms with Gasteiger partial charge < -0.3 is 14.9 Å². The largest absolute Gasteiger partial charge is 0.488 e. The Morgan fingerprint density at radius 2 is 2.06 bits per heavy atom. The van der Waals surface area contributed by atoms with E-state index in [-0.39, 0.29) is 17.9 Å². The van der Waals surface area contributed by atoms with E-state index in [0.29, 0.717) is 17.3 Å². The third-order valence-electron chi connectivity index (χ3n) is 3.22. The highest BCUT2D eigenvalue weighted by Crippen LogP contribution is 2.33. The maximum Gasteiger partial charge on any atom is 0.339 e. The first-order chi connectivity index (χ1) is 8.52. The van der Waals surface area contributed by atoms with Gasteiger partial charge in [0.25, 0.3) is 0 Å². The first-order valence-electron chi connectivity index (χ1n) is 5.89. The van der Waals surface area contributed by atoms with Crippen molar-refractivity contribution >= 4 is 21.9 Å². The van der Waals surface area contributed by atoms with Crippen LogP contribution in [0.2, 0.25) is 0 Å². The van der Waals surface area contributed by atoms with Crippen molar-refractivity contribution < 1.29 is 19.7 Å². The van der Waals surface area contributed by atoms with E-state index < -0.39 is 11.6 Å². The number of benzene rings is 1. The van der Waals surface area contributed by atoms with Gasteiger partial charge in [-0.15, -0.1) is 0 Å². The number of aliphatic hydroxyl groups is 1. The van der Waals surface area contributed by atoms with Gasteiger partial charge in [-0.25, -0.2) is 4.79 Å². The molecule has 2 rings (SSSR count). The molecule has 0 amide bonds. The number of carboxylic acid groups (broad SMARTS) is 1. The van der Waals surface area contributed by atoms with Crippen LogP contribution in [0.4, 0.5) is 0 Å². The van der Waals surface area contributed by atoms with Crippen LogP contribution in [0.3, 0.4) is 0 Å². The summed E-state index contributed by atoms with van der Waals surface area (Å²) in [4.78, 5) is 11.1. The molecule has 0 radical (unpaired) electrons. The molecule has 98 valence electrons. The lowest BCUT2D eigenvalue weighted by molar-refractivity contribution is 0.000673. The molecular weight excluding hydrogens is 300 g/mol. The van der Waals surface area contributed by atoms with Crippen molar-refractivity contribution in [2.75, 3.05) is 6.61 Å². The molecule has 1 aromatic carbocycles. The number of hydrogen-bond acceptors (Lipinski definition) is 3. The molecule has 0 aromatic heterocycles. The maximum absolute atomic E-state index is 11.1. The highest BCUT2D eigenvalue weighted by molar-refractivity contribution is 9.10. The first kappa shape index (κ1) is 13.4. The molecule has 1 aliphatic rings. The minimum atomic E-state index is -1.04. The number of carboxylic acids is 1. The molecule has 18 heavy (non-hydrogen) atoms. The van der Waals surface area contributed by atoms with Crippen LogP contribution in [-0.2, 0) is 0 Å². The Kier molecular flexibility index (Phi) is 3.92. The fourth-order valence-electron chi connectivity index (χ4n) is 2.21. The van der Waals surface area contributed by atoms with Crippen LogP contribution in [-0.4, -0.2) is 28.4 Å². The maximum atomic E-state index is 11.1. The van der Waals surface area contributed by atoms with Crippen LogP contribution in [0, 0.1) is 0 Å². The lowest BCUT2D eigenvalue weighted by Crippen LogP contribution is -2.32. The quantitative estimate of drug-likeness (QED) is 0.896. The molecule has 1 aromatic rings. The molecule has 0 spiro atoms. The Hall–Kier alpha value is -1.07. The molecule has 1 saturated carbocycles. The van der Waals surface area contributed by atoms with Gasteiger partial charge in [0.1, 0.15) is 17.9 Å². The average molecular weight is 315 g/mol. The number of hydrogen-bond donors (Lipinski definition) is 2. The van der Waals surface area contributed by atoms with Crippen LogP contribution in [0.25, 0.3) is 0 Å². The Morgan fingerprint density at radius 3 is 2.67 bits per heavy atom. The molecule has 0 saturated heterocycles. The molecule has 2 N–H and O–H groups in total. The van der Waals surface area contributed by atoms with Gasteiger partial charge in [0, 0.05) is 0 Å². The molecule has 0 bridgehead atoms. The summed E-state index contributed by atoms with van der Waals surface area (Å²) in [5, 5.41) is 19.3. The second-order valence-corrected chi connectivity index (χ2v) is 5.50. The van der Waals surface area contributed by atoms with E-state index in [0.717, 1.165) is 12.8 Å². The van der Waals surface area contributed by atoms with Gasteiger partial charge in [0.2, 0.25) is 0 Å². The minimum absolute atomic E-state index is 0.103. The summed E-state index contributed by atoms with van der Waals surface area (Å²) in [5.74, 6) is -0.755. The van der Waals surface area contributed by atoms with Crippen LogP contribution < -0.4 is 4.74 Å². The Balaban J connectivity index is 2.15. The number of halogens is 1. The predicted molar refractivity (Wildman–Crippen MR) is 70.0 cm³/mol. The van der Waals surface area contributed by atoms with E-state index in [9.17, 15) is 9.90 Å². The Morgan fingerprint density at radius 1 is 1.39 bits per heavy atom. The van der Waals surface area contributed by atoms with E-state index in [1.54, 1.807) is 12.1 Å². The third-order valence-corrected chi connectivity index (χ3v) is 3.84. The van der Waals surface area contributed by atoms with Crippen molar-refractivity contribution in [3.8, 4) is 5.75 Å². The topological polar surface area (TPSA) is 66.8 Å². The van der Waals surface area contributed by atoms with Crippen molar-refractivity contribution in [3.05, 3.63) is 28.2 Å². The van der Waals surface area contributed by atoms with Gasteiger partial charge in [0.05, 0.1) is 10.1 Å². The van der Waals surface area contributed by atoms with Gasteiger partial charge in [-0.3, -0.25) is 0 Å². The van der Waals surface area contributed by atoms with E-state index in [1.165, 1.54) is 6.07 Å². The molecule has 5 heteroatoms. The van der Waals surface area contributed by atoms with Crippen LogP contribution in [0.15, 0.2) is 22.7 Å². The highest BCUT2D eigenvalue weighted by atomic mass is 79.9. The SMILES string of the molecule is O=C(O)c1cccc(Br)c1OCC1(O)CCCC1. The van der Waals surface area contributed by atoms with Crippen LogP contribution in [0.1, 0.15) is 36.0 Å². The number of ether oxygens (including phenoxy) is 1. The van der Waals surface area contributed by atoms with Crippen molar-refractivity contribution in [2.45, 2.75) is 31.3 Å². The number of aromatic carboxylic acids is 1. The van der Waals surface area contributed by atoms with Gasteiger partial charge in [0.15, 0.2) is 0 Å². The van der Waals surface area contributed by atoms with Crippen molar-refractivity contribution in [3.63, 3.8) is 0 Å². The predicted octanol–water partition coefficient (Wildman–Crippen LogP) is 2.83.